The zero-order chi connectivity index (χ0) is 41.5. The number of nitrogens with one attached hydrogen (secondary N) is 3. The zero-order valence-corrected chi connectivity index (χ0v) is 35.0. The van der Waals surface area contributed by atoms with E-state index in [0.717, 1.165) is 29.3 Å². The topological polar surface area (TPSA) is 192 Å². The Hall–Kier alpha value is -4.44. The van der Waals surface area contributed by atoms with Gasteiger partial charge in [-0.25, -0.2) is 18.2 Å². The van der Waals surface area contributed by atoms with Crippen LogP contribution in [-0.2, 0) is 40.3 Å². The molecule has 0 unspecified atom stereocenters. The first-order valence-electron chi connectivity index (χ1n) is 20.6. The van der Waals surface area contributed by atoms with Gasteiger partial charge in [-0.15, -0.1) is 0 Å². The Bertz CT molecular complexity index is 2090. The third-order valence-corrected chi connectivity index (χ3v) is 14.5. The second kappa shape index (κ2) is 16.3. The number of fused-ring (bicyclic) bond motifs is 5. The maximum absolute atomic E-state index is 14.8. The highest BCUT2D eigenvalue weighted by atomic mass is 32.2. The van der Waals surface area contributed by atoms with E-state index in [1.807, 2.05) is 51.1 Å². The van der Waals surface area contributed by atoms with Crippen LogP contribution < -0.4 is 24.8 Å². The van der Waals surface area contributed by atoms with Crippen LogP contribution in [0.25, 0.3) is 10.9 Å². The van der Waals surface area contributed by atoms with Crippen molar-refractivity contribution in [1.29, 1.82) is 0 Å². The smallest absolute Gasteiger partial charge is 0.407 e. The maximum Gasteiger partial charge on any atom is 0.407 e. The number of hydrogen-bond donors (Lipinski definition) is 3. The van der Waals surface area contributed by atoms with E-state index in [1.54, 1.807) is 14.0 Å². The summed E-state index contributed by atoms with van der Waals surface area (Å²) < 4.78 is 51.1. The van der Waals surface area contributed by atoms with E-state index in [1.165, 1.54) is 4.90 Å². The predicted molar refractivity (Wildman–Crippen MR) is 215 cm³/mol. The average molecular weight is 824 g/mol. The lowest BCUT2D eigenvalue weighted by Crippen LogP contribution is -2.58. The van der Waals surface area contributed by atoms with Crippen molar-refractivity contribution in [2.24, 2.45) is 11.8 Å². The van der Waals surface area contributed by atoms with Crippen molar-refractivity contribution in [2.45, 2.75) is 126 Å². The highest BCUT2D eigenvalue weighted by molar-refractivity contribution is 7.91. The molecule has 0 bridgehead atoms. The largest absolute Gasteiger partial charge is 0.491 e. The average Bonchev–Trinajstić information content (AvgIpc) is 4.07. The van der Waals surface area contributed by atoms with E-state index in [0.29, 0.717) is 75.4 Å². The van der Waals surface area contributed by atoms with Crippen molar-refractivity contribution < 1.29 is 46.5 Å². The van der Waals surface area contributed by atoms with Crippen molar-refractivity contribution in [3.8, 4) is 11.5 Å². The van der Waals surface area contributed by atoms with Crippen LogP contribution in [0.3, 0.4) is 0 Å². The molecule has 1 spiro atoms. The van der Waals surface area contributed by atoms with Gasteiger partial charge in [0.25, 0.3) is 5.91 Å². The first-order valence-corrected chi connectivity index (χ1v) is 22.1. The summed E-state index contributed by atoms with van der Waals surface area (Å²) in [5.74, 6) is -0.933. The van der Waals surface area contributed by atoms with Crippen molar-refractivity contribution in [3.63, 3.8) is 0 Å². The minimum absolute atomic E-state index is 0.0372. The fraction of sp³-hybridized carbons (Fsp3) is 0.643. The Morgan fingerprint density at radius 1 is 1.10 bits per heavy atom. The molecule has 3 fully saturated rings. The first kappa shape index (κ1) is 41.7. The molecular formula is C42H57N5O10S. The number of amides is 4. The van der Waals surface area contributed by atoms with Crippen molar-refractivity contribution in [2.75, 3.05) is 33.5 Å². The van der Waals surface area contributed by atoms with Gasteiger partial charge in [0.2, 0.25) is 21.8 Å². The number of pyridine rings is 1. The van der Waals surface area contributed by atoms with Crippen LogP contribution in [0.4, 0.5) is 4.79 Å². The second-order valence-corrected chi connectivity index (χ2v) is 19.6. The number of hydrogen-bond acceptors (Lipinski definition) is 11. The Morgan fingerprint density at radius 2 is 1.90 bits per heavy atom. The molecule has 2 saturated carbocycles. The zero-order valence-electron chi connectivity index (χ0n) is 34.2. The molecule has 15 nitrogen and oxygen atoms in total. The fourth-order valence-corrected chi connectivity index (χ4v) is 9.74. The number of carbonyl (C=O) groups excluding carboxylic acids is 4. The molecule has 5 aliphatic rings. The molecule has 1 aromatic carbocycles. The van der Waals surface area contributed by atoms with E-state index in [2.05, 4.69) is 15.4 Å². The quantitative estimate of drug-likeness (QED) is 0.228. The Kier molecular flexibility index (Phi) is 11.7. The van der Waals surface area contributed by atoms with Gasteiger partial charge in [-0.2, -0.15) is 0 Å². The van der Waals surface area contributed by atoms with Crippen LogP contribution in [0, 0.1) is 18.8 Å². The van der Waals surface area contributed by atoms with Gasteiger partial charge in [0.05, 0.1) is 35.7 Å². The molecule has 316 valence electrons. The molecule has 2 aromatic rings. The predicted octanol–water partition coefficient (Wildman–Crippen LogP) is 4.38. The highest BCUT2D eigenvalue weighted by Gasteiger charge is 2.64. The Morgan fingerprint density at radius 3 is 2.64 bits per heavy atom. The van der Waals surface area contributed by atoms with Gasteiger partial charge in [-0.1, -0.05) is 38.8 Å². The number of aromatic nitrogens is 1. The van der Waals surface area contributed by atoms with Gasteiger partial charge < -0.3 is 34.5 Å². The molecule has 1 aromatic heterocycles. The van der Waals surface area contributed by atoms with Crippen molar-refractivity contribution in [1.82, 2.24) is 25.2 Å². The second-order valence-electron chi connectivity index (χ2n) is 17.4. The summed E-state index contributed by atoms with van der Waals surface area (Å²) in [6, 6.07) is 3.63. The van der Waals surface area contributed by atoms with Gasteiger partial charge in [0, 0.05) is 30.4 Å². The van der Waals surface area contributed by atoms with E-state index in [4.69, 9.17) is 23.9 Å². The third kappa shape index (κ3) is 8.50. The van der Waals surface area contributed by atoms with Gasteiger partial charge in [0.1, 0.15) is 41.3 Å². The molecule has 5 atom stereocenters. The number of alkyl carbamates (subject to hydrolysis) is 1. The summed E-state index contributed by atoms with van der Waals surface area (Å²) in [4.78, 5) is 62.8. The highest BCUT2D eigenvalue weighted by Crippen LogP contribution is 2.49. The number of methoxy groups -OCH3 is 1. The minimum atomic E-state index is -4.00. The number of aryl methyl sites for hydroxylation is 2. The summed E-state index contributed by atoms with van der Waals surface area (Å²) in [5.41, 5.74) is -0.121. The van der Waals surface area contributed by atoms with Crippen molar-refractivity contribution >= 4 is 44.7 Å². The lowest BCUT2D eigenvalue weighted by atomic mass is 9.87. The van der Waals surface area contributed by atoms with Gasteiger partial charge in [-0.05, 0) is 89.3 Å². The summed E-state index contributed by atoms with van der Waals surface area (Å²) >= 11 is 0. The van der Waals surface area contributed by atoms with E-state index in [9.17, 15) is 27.6 Å². The first-order chi connectivity index (χ1) is 27.6. The van der Waals surface area contributed by atoms with E-state index >= 15 is 0 Å². The van der Waals surface area contributed by atoms with Gasteiger partial charge in [0.15, 0.2) is 0 Å². The number of ether oxygens (including phenoxy) is 4. The molecule has 4 amide bonds. The van der Waals surface area contributed by atoms with E-state index in [-0.39, 0.29) is 31.9 Å². The SMILES string of the molecule is COCCOc1ccc2nc(C)c3c(c2c1)CC[C@]1(C[C@H]2C(=O)N[C@]4(C(=O)NS(=O)(=O)C5(C)CC5)C[C@H]4/C=C\CCCCC[C@H](NC(=O)OCC(C)C)C(=O)N2C1)O3. The molecule has 7 rings (SSSR count). The lowest BCUT2D eigenvalue weighted by molar-refractivity contribution is -0.141. The summed E-state index contributed by atoms with van der Waals surface area (Å²) in [7, 11) is -2.38. The standard InChI is InChI=1S/C42H57N5O10S/c1-26(2)24-56-39(51)44-33-12-10-8-6-7-9-11-28-22-42(28,38(50)46-58(52,53)40(4)17-18-40)45-36(48)34-23-41(25-47(34)37(33)49)16-15-30-31-21-29(55-20-19-54-5)13-14-32(31)43-27(3)35(30)57-41/h9,11,13-14,21,26,28,33-34H,6-8,10,12,15-20,22-25H2,1-5H3,(H,44,51)(H,45,48)(H,46,50)/b11-9-/t28-,33+,34+,41-,42-/m1/s1. The van der Waals surface area contributed by atoms with E-state index < -0.39 is 67.7 Å². The number of allylic oxidation sites excluding steroid dienone is 1. The summed E-state index contributed by atoms with van der Waals surface area (Å²) in [5, 5.41) is 6.63. The van der Waals surface area contributed by atoms with Gasteiger partial charge in [-0.3, -0.25) is 19.1 Å². The molecule has 1 saturated heterocycles. The normalized spacial score (nSPS) is 28.5. The van der Waals surface area contributed by atoms with Crippen LogP contribution in [0.1, 0.15) is 96.2 Å². The van der Waals surface area contributed by atoms with Crippen LogP contribution >= 0.6 is 0 Å². The number of carbonyl (C=O) groups is 4. The Balaban J connectivity index is 1.22. The third-order valence-electron chi connectivity index (χ3n) is 12.3. The Labute approximate surface area is 340 Å². The number of sulfonamides is 1. The molecular weight excluding hydrogens is 767 g/mol. The van der Waals surface area contributed by atoms with Crippen LogP contribution in [-0.4, -0.2) is 104 Å². The van der Waals surface area contributed by atoms with Crippen molar-refractivity contribution in [3.05, 3.63) is 41.6 Å². The molecule has 0 radical (unpaired) electrons. The molecule has 3 aliphatic heterocycles. The molecule has 4 heterocycles. The number of benzene rings is 1. The molecule has 58 heavy (non-hydrogen) atoms. The number of nitrogens with zero attached hydrogens (tertiary/aromatic N) is 2. The molecule has 2 aliphatic carbocycles. The summed E-state index contributed by atoms with van der Waals surface area (Å²) in [6.45, 7) is 8.34. The fourth-order valence-electron chi connectivity index (χ4n) is 8.43. The molecule has 3 N–H and O–H groups in total. The maximum atomic E-state index is 14.8. The minimum Gasteiger partial charge on any atom is -0.491 e. The van der Waals surface area contributed by atoms with Crippen LogP contribution in [0.15, 0.2) is 30.4 Å². The molecule has 16 heteroatoms. The number of rotatable bonds is 10. The van der Waals surface area contributed by atoms with Crippen LogP contribution in [0.2, 0.25) is 0 Å². The monoisotopic (exact) mass is 823 g/mol. The lowest BCUT2D eigenvalue weighted by Gasteiger charge is -2.36. The van der Waals surface area contributed by atoms with Gasteiger partial charge >= 0.3 is 6.09 Å². The van der Waals surface area contributed by atoms with Crippen LogP contribution in [0.5, 0.6) is 11.5 Å². The summed E-state index contributed by atoms with van der Waals surface area (Å²) in [6.07, 6.45) is 8.58.